The minimum atomic E-state index is -3.67. The first-order valence-corrected chi connectivity index (χ1v) is 14.1. The van der Waals surface area contributed by atoms with Crippen LogP contribution in [0.15, 0.2) is 18.2 Å². The summed E-state index contributed by atoms with van der Waals surface area (Å²) in [6, 6.07) is 6.40. The fourth-order valence-corrected chi connectivity index (χ4v) is 6.61. The average molecular weight is 480 g/mol. The molecule has 0 amide bonds. The number of hydrogen-bond acceptors (Lipinski definition) is 5. The Kier molecular flexibility index (Phi) is 7.97. The SMILES string of the molecule is CN1CC[C@@]2(C)c3cc(O)ccc3C[C@@H]1[C@]2(C)CCC(=O)CCC1CCCC1.CS(=O)(=O)O. The summed E-state index contributed by atoms with van der Waals surface area (Å²) in [4.78, 5) is 15.3. The van der Waals surface area contributed by atoms with Crippen molar-refractivity contribution in [2.45, 2.75) is 89.5 Å². The molecule has 7 heteroatoms. The topological polar surface area (TPSA) is 94.9 Å². The van der Waals surface area contributed by atoms with Gasteiger partial charge in [-0.15, -0.1) is 0 Å². The van der Waals surface area contributed by atoms with Gasteiger partial charge in [0, 0.05) is 24.3 Å². The Bertz CT molecular complexity index is 947. The molecule has 3 atom stereocenters. The van der Waals surface area contributed by atoms with Crippen molar-refractivity contribution in [2.24, 2.45) is 11.3 Å². The van der Waals surface area contributed by atoms with Crippen LogP contribution in [0.5, 0.6) is 5.75 Å². The van der Waals surface area contributed by atoms with Crippen molar-refractivity contribution in [3.05, 3.63) is 29.3 Å². The number of likely N-dealkylation sites (tertiary alicyclic amines) is 1. The van der Waals surface area contributed by atoms with Gasteiger partial charge in [-0.3, -0.25) is 9.35 Å². The molecule has 2 fully saturated rings. The molecule has 2 N–H and O–H groups in total. The Balaban J connectivity index is 0.000000555. The van der Waals surface area contributed by atoms with E-state index in [-0.39, 0.29) is 10.8 Å². The summed E-state index contributed by atoms with van der Waals surface area (Å²) >= 11 is 0. The lowest BCUT2D eigenvalue weighted by molar-refractivity contribution is -0.121. The Hall–Kier alpha value is -1.44. The zero-order valence-electron chi connectivity index (χ0n) is 20.6. The summed E-state index contributed by atoms with van der Waals surface area (Å²) < 4.78 is 25.9. The van der Waals surface area contributed by atoms with Crippen molar-refractivity contribution < 1.29 is 22.9 Å². The summed E-state index contributed by atoms with van der Waals surface area (Å²) in [6.45, 7) is 5.87. The van der Waals surface area contributed by atoms with E-state index in [9.17, 15) is 18.3 Å². The molecular weight excluding hydrogens is 438 g/mol. The molecular formula is C26H41NO5S. The van der Waals surface area contributed by atoms with Gasteiger partial charge in [-0.25, -0.2) is 0 Å². The van der Waals surface area contributed by atoms with Crippen molar-refractivity contribution in [3.63, 3.8) is 0 Å². The zero-order chi connectivity index (χ0) is 24.4. The van der Waals surface area contributed by atoms with E-state index >= 15 is 0 Å². The Labute approximate surface area is 199 Å². The number of hydrogen-bond donors (Lipinski definition) is 2. The van der Waals surface area contributed by atoms with Crippen LogP contribution in [0.1, 0.15) is 82.8 Å². The Morgan fingerprint density at radius 1 is 1.18 bits per heavy atom. The number of benzene rings is 1. The van der Waals surface area contributed by atoms with Crippen LogP contribution in [0.2, 0.25) is 0 Å². The van der Waals surface area contributed by atoms with Gasteiger partial charge in [0.1, 0.15) is 11.5 Å². The maximum atomic E-state index is 12.7. The summed E-state index contributed by atoms with van der Waals surface area (Å²) in [5.74, 6) is 1.62. The van der Waals surface area contributed by atoms with Crippen LogP contribution in [0.25, 0.3) is 0 Å². The molecule has 1 heterocycles. The fraction of sp³-hybridized carbons (Fsp3) is 0.731. The van der Waals surface area contributed by atoms with Gasteiger partial charge in [-0.05, 0) is 73.9 Å². The highest BCUT2D eigenvalue weighted by Gasteiger charge is 2.57. The number of carbonyl (C=O) groups is 1. The van der Waals surface area contributed by atoms with Crippen LogP contribution in [0, 0.1) is 11.3 Å². The van der Waals surface area contributed by atoms with Crippen LogP contribution in [0.4, 0.5) is 0 Å². The van der Waals surface area contributed by atoms with Gasteiger partial charge in [0.25, 0.3) is 10.1 Å². The Morgan fingerprint density at radius 3 is 2.45 bits per heavy atom. The lowest BCUT2D eigenvalue weighted by Gasteiger charge is -2.62. The lowest BCUT2D eigenvalue weighted by atomic mass is 9.49. The third-order valence-electron chi connectivity index (χ3n) is 8.82. The highest BCUT2D eigenvalue weighted by molar-refractivity contribution is 7.85. The second kappa shape index (κ2) is 10.0. The van der Waals surface area contributed by atoms with Crippen LogP contribution in [0.3, 0.4) is 0 Å². The molecule has 1 aromatic rings. The molecule has 2 aliphatic carbocycles. The third kappa shape index (κ3) is 5.98. The lowest BCUT2D eigenvalue weighted by Crippen LogP contribution is -2.64. The number of piperidine rings is 1. The van der Waals surface area contributed by atoms with Gasteiger partial charge in [0.2, 0.25) is 0 Å². The maximum Gasteiger partial charge on any atom is 0.261 e. The van der Waals surface area contributed by atoms with E-state index in [1.54, 1.807) is 0 Å². The van der Waals surface area contributed by atoms with E-state index in [4.69, 9.17) is 4.55 Å². The fourth-order valence-electron chi connectivity index (χ4n) is 6.61. The molecule has 186 valence electrons. The van der Waals surface area contributed by atoms with E-state index in [0.717, 1.165) is 44.6 Å². The molecule has 0 spiro atoms. The van der Waals surface area contributed by atoms with Crippen LogP contribution in [-0.4, -0.2) is 54.7 Å². The first kappa shape index (κ1) is 26.2. The smallest absolute Gasteiger partial charge is 0.261 e. The van der Waals surface area contributed by atoms with Gasteiger partial charge in [-0.2, -0.15) is 8.42 Å². The quantitative estimate of drug-likeness (QED) is 0.572. The van der Waals surface area contributed by atoms with Gasteiger partial charge in [-0.1, -0.05) is 45.6 Å². The van der Waals surface area contributed by atoms with Crippen LogP contribution in [-0.2, 0) is 26.7 Å². The molecule has 2 bridgehead atoms. The average Bonchev–Trinajstić information content (AvgIpc) is 3.24. The highest BCUT2D eigenvalue weighted by Crippen LogP contribution is 2.58. The number of ketones is 1. The molecule has 0 radical (unpaired) electrons. The monoisotopic (exact) mass is 479 g/mol. The van der Waals surface area contributed by atoms with Crippen molar-refractivity contribution >= 4 is 15.9 Å². The summed E-state index contributed by atoms with van der Waals surface area (Å²) in [5.41, 5.74) is 2.77. The number of aromatic hydroxyl groups is 1. The maximum absolute atomic E-state index is 12.7. The van der Waals surface area contributed by atoms with Crippen molar-refractivity contribution in [1.29, 1.82) is 0 Å². The van der Waals surface area contributed by atoms with Gasteiger partial charge >= 0.3 is 0 Å². The minimum absolute atomic E-state index is 0.0161. The largest absolute Gasteiger partial charge is 0.508 e. The number of rotatable bonds is 6. The van der Waals surface area contributed by atoms with E-state index in [1.165, 1.54) is 36.8 Å². The molecule has 1 aliphatic heterocycles. The first-order chi connectivity index (χ1) is 15.3. The second-order valence-electron chi connectivity index (χ2n) is 11.0. The first-order valence-electron chi connectivity index (χ1n) is 12.3. The molecule has 1 saturated heterocycles. The molecule has 1 aromatic carbocycles. The standard InChI is InChI=1S/C25H37NO2.CH4O3S/c1-24-14-15-26(3)23(16-19-9-11-21(28)17-22(19)24)25(24,2)13-12-20(27)10-8-18-6-4-5-7-18;1-5(2,3)4/h9,11,17-18,23,28H,4-8,10,12-16H2,1-3H3;1H3,(H,2,3,4)/t23-,24+,25+;/m1./s1. The van der Waals surface area contributed by atoms with Crippen molar-refractivity contribution in [2.75, 3.05) is 19.8 Å². The minimum Gasteiger partial charge on any atom is -0.508 e. The van der Waals surface area contributed by atoms with E-state index in [2.05, 4.69) is 31.9 Å². The number of phenols is 1. The number of Topliss-reactive ketones (excluding diaryl/α,β-unsaturated/α-hetero) is 1. The van der Waals surface area contributed by atoms with E-state index < -0.39 is 10.1 Å². The second-order valence-corrected chi connectivity index (χ2v) is 12.5. The van der Waals surface area contributed by atoms with Gasteiger partial charge in [0.15, 0.2) is 0 Å². The summed E-state index contributed by atoms with van der Waals surface area (Å²) in [7, 11) is -1.42. The van der Waals surface area contributed by atoms with Crippen molar-refractivity contribution in [1.82, 2.24) is 4.90 Å². The van der Waals surface area contributed by atoms with E-state index in [1.807, 2.05) is 12.1 Å². The molecule has 1 saturated carbocycles. The number of carbonyl (C=O) groups excluding carboxylic acids is 1. The molecule has 3 aliphatic rings. The van der Waals surface area contributed by atoms with Gasteiger partial charge in [0.05, 0.1) is 6.26 Å². The molecule has 33 heavy (non-hydrogen) atoms. The predicted octanol–water partition coefficient (Wildman–Crippen LogP) is 4.74. The number of likely N-dealkylation sites (N-methyl/N-ethyl adjacent to an activating group) is 1. The number of phenolic OH excluding ortho intramolecular Hbond substituents is 1. The zero-order valence-corrected chi connectivity index (χ0v) is 21.5. The summed E-state index contributed by atoms with van der Waals surface area (Å²) in [6.07, 6.45) is 11.7. The third-order valence-corrected chi connectivity index (χ3v) is 8.82. The van der Waals surface area contributed by atoms with Crippen LogP contribution >= 0.6 is 0 Å². The summed E-state index contributed by atoms with van der Waals surface area (Å²) in [5, 5.41) is 10.1. The molecule has 0 unspecified atom stereocenters. The number of fused-ring (bicyclic) bond motifs is 4. The van der Waals surface area contributed by atoms with Gasteiger partial charge < -0.3 is 10.0 Å². The molecule has 0 aromatic heterocycles. The van der Waals surface area contributed by atoms with E-state index in [0.29, 0.717) is 30.3 Å². The van der Waals surface area contributed by atoms with Crippen LogP contribution < -0.4 is 0 Å². The number of nitrogens with zero attached hydrogens (tertiary/aromatic N) is 1. The molecule has 6 nitrogen and oxygen atoms in total. The Morgan fingerprint density at radius 2 is 1.82 bits per heavy atom. The van der Waals surface area contributed by atoms with Crippen molar-refractivity contribution in [3.8, 4) is 5.75 Å². The predicted molar refractivity (Wildman–Crippen MR) is 131 cm³/mol. The normalized spacial score (nSPS) is 29.8. The highest BCUT2D eigenvalue weighted by atomic mass is 32.2. The molecule has 4 rings (SSSR count).